The number of imidazole rings is 1. The Kier molecular flexibility index (Phi) is 5.85. The molecule has 2 aromatic heterocycles. The Bertz CT molecular complexity index is 998. The number of halogens is 2. The molecule has 4 rings (SSSR count). The lowest BCUT2D eigenvalue weighted by Gasteiger charge is -2.16. The molecule has 0 amide bonds. The van der Waals surface area contributed by atoms with Crippen LogP contribution in [0, 0.1) is 5.82 Å². The van der Waals surface area contributed by atoms with Crippen molar-refractivity contribution >= 4 is 34.5 Å². The van der Waals surface area contributed by atoms with Gasteiger partial charge in [-0.25, -0.2) is 9.37 Å². The van der Waals surface area contributed by atoms with Crippen molar-refractivity contribution in [1.82, 2.24) is 19.5 Å². The van der Waals surface area contributed by atoms with Gasteiger partial charge in [-0.15, -0.1) is 0 Å². The molecule has 0 saturated heterocycles. The summed E-state index contributed by atoms with van der Waals surface area (Å²) >= 11 is 5.79. The molecule has 1 aliphatic rings. The van der Waals surface area contributed by atoms with E-state index in [0.29, 0.717) is 24.4 Å². The van der Waals surface area contributed by atoms with Crippen molar-refractivity contribution < 1.29 is 4.39 Å². The molecule has 3 aromatic rings. The first kappa shape index (κ1) is 19.9. The summed E-state index contributed by atoms with van der Waals surface area (Å²) in [6.07, 6.45) is 7.61. The number of anilines is 2. The summed E-state index contributed by atoms with van der Waals surface area (Å²) in [6, 6.07) is 5.49. The van der Waals surface area contributed by atoms with Gasteiger partial charge in [-0.1, -0.05) is 37.4 Å². The number of benzene rings is 1. The molecule has 0 bridgehead atoms. The Morgan fingerprint density at radius 2 is 2.07 bits per heavy atom. The van der Waals surface area contributed by atoms with E-state index in [1.165, 1.54) is 18.9 Å². The van der Waals surface area contributed by atoms with Gasteiger partial charge in [0.05, 0.1) is 11.3 Å². The minimum absolute atomic E-state index is 0.119. The normalized spacial score (nSPS) is 15.7. The topological polar surface area (TPSA) is 67.7 Å². The van der Waals surface area contributed by atoms with Gasteiger partial charge in [-0.3, -0.25) is 0 Å². The standard InChI is InChI=1S/C21H26ClFN6/c1-3-13(2)26-21-27-19(24-11-14-8-9-16(22)17(23)10-14)18-20(28-21)29(12-25-18)15-6-4-5-7-15/h8-10,12-13,15H,3-7,11H2,1-2H3,(H2,24,26,27,28). The second-order valence-electron chi connectivity index (χ2n) is 7.71. The van der Waals surface area contributed by atoms with Crippen LogP contribution in [-0.2, 0) is 6.54 Å². The van der Waals surface area contributed by atoms with Crippen LogP contribution >= 0.6 is 11.6 Å². The number of nitrogens with zero attached hydrogens (tertiary/aromatic N) is 4. The van der Waals surface area contributed by atoms with E-state index in [9.17, 15) is 4.39 Å². The third kappa shape index (κ3) is 4.29. The second kappa shape index (κ2) is 8.53. The van der Waals surface area contributed by atoms with Crippen molar-refractivity contribution in [3.8, 4) is 0 Å². The van der Waals surface area contributed by atoms with Crippen LogP contribution in [0.15, 0.2) is 24.5 Å². The Balaban J connectivity index is 1.67. The molecule has 0 spiro atoms. The maximum atomic E-state index is 13.8. The van der Waals surface area contributed by atoms with Gasteiger partial charge >= 0.3 is 0 Å². The van der Waals surface area contributed by atoms with Crippen molar-refractivity contribution in [2.45, 2.75) is 64.6 Å². The fraction of sp³-hybridized carbons (Fsp3) is 0.476. The number of aromatic nitrogens is 4. The predicted molar refractivity (Wildman–Crippen MR) is 115 cm³/mol. The molecular weight excluding hydrogens is 391 g/mol. The number of nitrogens with one attached hydrogen (secondary N) is 2. The van der Waals surface area contributed by atoms with Crippen molar-refractivity contribution in [2.24, 2.45) is 0 Å². The van der Waals surface area contributed by atoms with Crippen LogP contribution in [-0.4, -0.2) is 25.6 Å². The van der Waals surface area contributed by atoms with Gasteiger partial charge in [-0.2, -0.15) is 9.97 Å². The first-order valence-corrected chi connectivity index (χ1v) is 10.6. The van der Waals surface area contributed by atoms with Crippen LogP contribution in [0.2, 0.25) is 5.02 Å². The molecule has 0 aliphatic heterocycles. The average molecular weight is 417 g/mol. The Morgan fingerprint density at radius 1 is 1.28 bits per heavy atom. The number of hydrogen-bond donors (Lipinski definition) is 2. The van der Waals surface area contributed by atoms with Gasteiger partial charge in [0.1, 0.15) is 5.82 Å². The van der Waals surface area contributed by atoms with E-state index in [1.807, 2.05) is 6.33 Å². The van der Waals surface area contributed by atoms with Gasteiger partial charge < -0.3 is 15.2 Å². The van der Waals surface area contributed by atoms with Crippen LogP contribution in [0.1, 0.15) is 57.6 Å². The van der Waals surface area contributed by atoms with Gasteiger partial charge in [-0.05, 0) is 43.9 Å². The summed E-state index contributed by atoms with van der Waals surface area (Å²) < 4.78 is 15.9. The fourth-order valence-corrected chi connectivity index (χ4v) is 3.83. The molecule has 29 heavy (non-hydrogen) atoms. The van der Waals surface area contributed by atoms with E-state index >= 15 is 0 Å². The highest BCUT2D eigenvalue weighted by molar-refractivity contribution is 6.30. The number of rotatable bonds is 7. The van der Waals surface area contributed by atoms with Gasteiger partial charge in [0, 0.05) is 18.6 Å². The van der Waals surface area contributed by atoms with Crippen molar-refractivity contribution in [3.63, 3.8) is 0 Å². The van der Waals surface area contributed by atoms with Gasteiger partial charge in [0.25, 0.3) is 0 Å². The molecule has 1 atom stereocenters. The zero-order valence-electron chi connectivity index (χ0n) is 16.8. The minimum atomic E-state index is -0.427. The molecule has 6 nitrogen and oxygen atoms in total. The van der Waals surface area contributed by atoms with Crippen LogP contribution in [0.4, 0.5) is 16.2 Å². The molecule has 2 heterocycles. The quantitative estimate of drug-likeness (QED) is 0.528. The van der Waals surface area contributed by atoms with E-state index in [4.69, 9.17) is 16.6 Å². The highest BCUT2D eigenvalue weighted by Crippen LogP contribution is 2.33. The smallest absolute Gasteiger partial charge is 0.226 e. The molecule has 8 heteroatoms. The Morgan fingerprint density at radius 3 is 2.79 bits per heavy atom. The van der Waals surface area contributed by atoms with Crippen molar-refractivity contribution in [3.05, 3.63) is 40.9 Å². The van der Waals surface area contributed by atoms with Crippen LogP contribution < -0.4 is 10.6 Å². The first-order chi connectivity index (χ1) is 14.0. The lowest BCUT2D eigenvalue weighted by Crippen LogP contribution is -2.17. The molecule has 154 valence electrons. The Hall–Kier alpha value is -2.41. The van der Waals surface area contributed by atoms with Crippen LogP contribution in [0.5, 0.6) is 0 Å². The van der Waals surface area contributed by atoms with Crippen LogP contribution in [0.25, 0.3) is 11.2 Å². The summed E-state index contributed by atoms with van der Waals surface area (Å²) in [5.41, 5.74) is 2.36. The van der Waals surface area contributed by atoms with Gasteiger partial charge in [0.15, 0.2) is 17.0 Å². The minimum Gasteiger partial charge on any atom is -0.364 e. The fourth-order valence-electron chi connectivity index (χ4n) is 3.71. The largest absolute Gasteiger partial charge is 0.364 e. The molecular formula is C21H26ClFN6. The molecule has 2 N–H and O–H groups in total. The van der Waals surface area contributed by atoms with E-state index in [1.54, 1.807) is 12.1 Å². The zero-order valence-corrected chi connectivity index (χ0v) is 17.5. The molecule has 1 aliphatic carbocycles. The first-order valence-electron chi connectivity index (χ1n) is 10.2. The van der Waals surface area contributed by atoms with Crippen LogP contribution in [0.3, 0.4) is 0 Å². The zero-order chi connectivity index (χ0) is 20.4. The number of hydrogen-bond acceptors (Lipinski definition) is 5. The van der Waals surface area contributed by atoms with E-state index in [-0.39, 0.29) is 11.1 Å². The third-order valence-electron chi connectivity index (χ3n) is 5.57. The van der Waals surface area contributed by atoms with Gasteiger partial charge in [0.2, 0.25) is 5.95 Å². The van der Waals surface area contributed by atoms with E-state index < -0.39 is 5.82 Å². The lowest BCUT2D eigenvalue weighted by atomic mass is 10.2. The maximum absolute atomic E-state index is 13.8. The van der Waals surface area contributed by atoms with E-state index in [0.717, 1.165) is 36.0 Å². The molecule has 1 fully saturated rings. The maximum Gasteiger partial charge on any atom is 0.226 e. The molecule has 1 saturated carbocycles. The Labute approximate surface area is 174 Å². The predicted octanol–water partition coefficient (Wildman–Crippen LogP) is 5.56. The summed E-state index contributed by atoms with van der Waals surface area (Å²) in [7, 11) is 0. The molecule has 1 unspecified atom stereocenters. The summed E-state index contributed by atoms with van der Waals surface area (Å²) in [4.78, 5) is 14.0. The number of fused-ring (bicyclic) bond motifs is 1. The second-order valence-corrected chi connectivity index (χ2v) is 8.12. The van der Waals surface area contributed by atoms with E-state index in [2.05, 4.69) is 39.0 Å². The summed E-state index contributed by atoms with van der Waals surface area (Å²) in [5.74, 6) is 0.799. The highest BCUT2D eigenvalue weighted by atomic mass is 35.5. The average Bonchev–Trinajstić information content (AvgIpc) is 3.38. The van der Waals surface area contributed by atoms with Crippen molar-refractivity contribution in [1.29, 1.82) is 0 Å². The summed E-state index contributed by atoms with van der Waals surface area (Å²) in [6.45, 7) is 4.64. The monoisotopic (exact) mass is 416 g/mol. The highest BCUT2D eigenvalue weighted by Gasteiger charge is 2.22. The SMILES string of the molecule is CCC(C)Nc1nc(NCc2ccc(Cl)c(F)c2)c2ncn(C3CCCC3)c2n1. The third-order valence-corrected chi connectivity index (χ3v) is 5.88. The van der Waals surface area contributed by atoms with Crippen molar-refractivity contribution in [2.75, 3.05) is 10.6 Å². The summed E-state index contributed by atoms with van der Waals surface area (Å²) in [5, 5.41) is 6.79. The lowest BCUT2D eigenvalue weighted by molar-refractivity contribution is 0.529. The molecule has 1 aromatic carbocycles. The molecule has 0 radical (unpaired) electrons.